The SMILES string of the molecule is C=C(C)C(=O)O[C@H](/C1=C\CC/C(CO)=C\[C@@H]2OC(=O)C(=C)[C@@H]12)C(C=O)OC. The molecule has 0 bridgehead atoms. The zero-order chi connectivity index (χ0) is 20.1. The predicted molar refractivity (Wildman–Crippen MR) is 96.6 cm³/mol. The minimum Gasteiger partial charge on any atom is -0.454 e. The summed E-state index contributed by atoms with van der Waals surface area (Å²) in [6.07, 6.45) is 2.25. The van der Waals surface area contributed by atoms with Crippen LogP contribution >= 0.6 is 0 Å². The van der Waals surface area contributed by atoms with E-state index in [1.54, 1.807) is 12.2 Å². The molecule has 27 heavy (non-hydrogen) atoms. The molecule has 0 spiro atoms. The van der Waals surface area contributed by atoms with Gasteiger partial charge < -0.3 is 24.1 Å². The monoisotopic (exact) mass is 376 g/mol. The van der Waals surface area contributed by atoms with Crippen LogP contribution in [-0.4, -0.2) is 55.4 Å². The highest BCUT2D eigenvalue weighted by atomic mass is 16.6. The molecule has 0 aromatic rings. The number of aldehydes is 1. The Hall–Kier alpha value is -2.51. The number of aliphatic hydroxyl groups excluding tert-OH is 1. The standard InChI is InChI=1S/C20H24O7/c1-11(2)19(23)27-18(16(10-22)25-4)14-7-5-6-13(9-21)8-15-17(14)12(3)20(24)26-15/h7-8,10,15-18,21H,1,3,5-6,9H2,2,4H3/b13-8+,14-7-/t15-,16?,17-,18+/m0/s1. The number of rotatable bonds is 7. The summed E-state index contributed by atoms with van der Waals surface area (Å²) in [6.45, 7) is 8.70. The summed E-state index contributed by atoms with van der Waals surface area (Å²) in [5, 5.41) is 9.48. The van der Waals surface area contributed by atoms with Gasteiger partial charge in [0, 0.05) is 18.3 Å². The predicted octanol–water partition coefficient (Wildman–Crippen LogP) is 1.42. The fourth-order valence-electron chi connectivity index (χ4n) is 3.20. The van der Waals surface area contributed by atoms with Crippen LogP contribution in [0.2, 0.25) is 0 Å². The van der Waals surface area contributed by atoms with E-state index in [-0.39, 0.29) is 17.8 Å². The maximum atomic E-state index is 12.1. The molecule has 1 aliphatic heterocycles. The van der Waals surface area contributed by atoms with Gasteiger partial charge in [-0.25, -0.2) is 9.59 Å². The Morgan fingerprint density at radius 2 is 2.22 bits per heavy atom. The first kappa shape index (κ1) is 20.8. The Morgan fingerprint density at radius 1 is 1.52 bits per heavy atom. The van der Waals surface area contributed by atoms with Gasteiger partial charge in [0.05, 0.1) is 12.5 Å². The van der Waals surface area contributed by atoms with Crippen molar-refractivity contribution < 1.29 is 33.7 Å². The van der Waals surface area contributed by atoms with E-state index in [1.165, 1.54) is 14.0 Å². The molecule has 0 amide bonds. The van der Waals surface area contributed by atoms with Crippen LogP contribution in [0.25, 0.3) is 0 Å². The van der Waals surface area contributed by atoms with Crippen molar-refractivity contribution in [3.05, 3.63) is 47.6 Å². The molecule has 1 fully saturated rings. The third-order valence-electron chi connectivity index (χ3n) is 4.63. The van der Waals surface area contributed by atoms with Gasteiger partial charge in [0.25, 0.3) is 0 Å². The number of esters is 2. The van der Waals surface area contributed by atoms with Crippen LogP contribution in [0.4, 0.5) is 0 Å². The van der Waals surface area contributed by atoms with Crippen LogP contribution in [0.1, 0.15) is 19.8 Å². The highest BCUT2D eigenvalue weighted by molar-refractivity contribution is 5.92. The molecular weight excluding hydrogens is 352 g/mol. The summed E-state index contributed by atoms with van der Waals surface area (Å²) in [5.41, 5.74) is 1.61. The number of carbonyl (C=O) groups excluding carboxylic acids is 3. The lowest BCUT2D eigenvalue weighted by Gasteiger charge is -2.30. The largest absolute Gasteiger partial charge is 0.454 e. The second kappa shape index (κ2) is 8.92. The summed E-state index contributed by atoms with van der Waals surface area (Å²) in [6, 6.07) is 0. The fraction of sp³-hybridized carbons (Fsp3) is 0.450. The number of hydrogen-bond donors (Lipinski definition) is 1. The summed E-state index contributed by atoms with van der Waals surface area (Å²) in [5.74, 6) is -1.87. The minimum absolute atomic E-state index is 0.153. The number of allylic oxidation sites excluding steroid dienone is 1. The Balaban J connectivity index is 2.49. The molecule has 2 rings (SSSR count). The van der Waals surface area contributed by atoms with Crippen molar-refractivity contribution in [2.24, 2.45) is 5.92 Å². The van der Waals surface area contributed by atoms with E-state index in [1.807, 2.05) is 0 Å². The maximum Gasteiger partial charge on any atom is 0.334 e. The molecule has 0 radical (unpaired) electrons. The first-order valence-electron chi connectivity index (χ1n) is 8.58. The van der Waals surface area contributed by atoms with Gasteiger partial charge in [0.15, 0.2) is 18.5 Å². The van der Waals surface area contributed by atoms with E-state index in [4.69, 9.17) is 14.2 Å². The number of methoxy groups -OCH3 is 1. The lowest BCUT2D eigenvalue weighted by molar-refractivity contribution is -0.150. The van der Waals surface area contributed by atoms with E-state index in [9.17, 15) is 19.5 Å². The second-order valence-electron chi connectivity index (χ2n) is 6.54. The lowest BCUT2D eigenvalue weighted by Crippen LogP contribution is -2.40. The number of hydrogen-bond acceptors (Lipinski definition) is 7. The Labute approximate surface area is 158 Å². The van der Waals surface area contributed by atoms with Crippen molar-refractivity contribution in [3.63, 3.8) is 0 Å². The molecule has 2 aliphatic rings. The first-order chi connectivity index (χ1) is 12.8. The highest BCUT2D eigenvalue weighted by Crippen LogP contribution is 2.39. The van der Waals surface area contributed by atoms with Crippen molar-refractivity contribution in [1.82, 2.24) is 0 Å². The Bertz CT molecular complexity index is 716. The Morgan fingerprint density at radius 3 is 2.78 bits per heavy atom. The highest BCUT2D eigenvalue weighted by Gasteiger charge is 2.45. The fourth-order valence-corrected chi connectivity index (χ4v) is 3.20. The molecule has 1 saturated heterocycles. The minimum atomic E-state index is -1.07. The maximum absolute atomic E-state index is 12.1. The average Bonchev–Trinajstić information content (AvgIpc) is 2.89. The van der Waals surface area contributed by atoms with Crippen LogP contribution in [0, 0.1) is 5.92 Å². The van der Waals surface area contributed by atoms with Crippen LogP contribution < -0.4 is 0 Å². The first-order valence-corrected chi connectivity index (χ1v) is 8.58. The summed E-state index contributed by atoms with van der Waals surface area (Å²) in [4.78, 5) is 35.8. The van der Waals surface area contributed by atoms with Crippen LogP contribution in [-0.2, 0) is 28.6 Å². The van der Waals surface area contributed by atoms with Gasteiger partial charge >= 0.3 is 11.9 Å². The average molecular weight is 376 g/mol. The third kappa shape index (κ3) is 4.43. The molecule has 4 atom stereocenters. The van der Waals surface area contributed by atoms with E-state index in [0.717, 1.165) is 5.57 Å². The molecule has 7 heteroatoms. The van der Waals surface area contributed by atoms with Crippen LogP contribution in [0.3, 0.4) is 0 Å². The Kier molecular flexibility index (Phi) is 6.87. The van der Waals surface area contributed by atoms with Crippen molar-refractivity contribution in [2.45, 2.75) is 38.1 Å². The zero-order valence-electron chi connectivity index (χ0n) is 15.5. The smallest absolute Gasteiger partial charge is 0.334 e. The molecule has 1 unspecified atom stereocenters. The van der Waals surface area contributed by atoms with E-state index in [2.05, 4.69) is 13.2 Å². The number of carbonyl (C=O) groups is 3. The molecule has 1 aliphatic carbocycles. The van der Waals surface area contributed by atoms with Gasteiger partial charge in [0.2, 0.25) is 0 Å². The number of ether oxygens (including phenoxy) is 3. The second-order valence-corrected chi connectivity index (χ2v) is 6.54. The number of fused-ring (bicyclic) bond motifs is 1. The molecule has 1 N–H and O–H groups in total. The van der Waals surface area contributed by atoms with Gasteiger partial charge in [-0.15, -0.1) is 0 Å². The van der Waals surface area contributed by atoms with E-state index in [0.29, 0.717) is 24.7 Å². The molecule has 0 aromatic heterocycles. The summed E-state index contributed by atoms with van der Waals surface area (Å²) < 4.78 is 16.1. The van der Waals surface area contributed by atoms with E-state index < -0.39 is 36.2 Å². The van der Waals surface area contributed by atoms with Crippen molar-refractivity contribution >= 4 is 18.2 Å². The topological polar surface area (TPSA) is 99.1 Å². The van der Waals surface area contributed by atoms with E-state index >= 15 is 0 Å². The molecular formula is C20H24O7. The van der Waals surface area contributed by atoms with Crippen LogP contribution in [0.15, 0.2) is 47.6 Å². The molecule has 1 heterocycles. The summed E-state index contributed by atoms with van der Waals surface area (Å²) in [7, 11) is 1.33. The van der Waals surface area contributed by atoms with Crippen molar-refractivity contribution in [2.75, 3.05) is 13.7 Å². The third-order valence-corrected chi connectivity index (χ3v) is 4.63. The van der Waals surface area contributed by atoms with Gasteiger partial charge in [-0.3, -0.25) is 0 Å². The molecule has 0 aromatic carbocycles. The van der Waals surface area contributed by atoms with Gasteiger partial charge in [-0.1, -0.05) is 19.2 Å². The number of aliphatic hydroxyl groups is 1. The van der Waals surface area contributed by atoms with Crippen LogP contribution in [0.5, 0.6) is 0 Å². The van der Waals surface area contributed by atoms with Gasteiger partial charge in [-0.2, -0.15) is 0 Å². The normalized spacial score (nSPS) is 28.3. The van der Waals surface area contributed by atoms with Gasteiger partial charge in [0.1, 0.15) is 6.10 Å². The zero-order valence-corrected chi connectivity index (χ0v) is 15.5. The van der Waals surface area contributed by atoms with Crippen molar-refractivity contribution in [3.8, 4) is 0 Å². The molecule has 7 nitrogen and oxygen atoms in total. The van der Waals surface area contributed by atoms with Crippen molar-refractivity contribution in [1.29, 1.82) is 0 Å². The quantitative estimate of drug-likeness (QED) is 0.310. The van der Waals surface area contributed by atoms with Gasteiger partial charge in [-0.05, 0) is 37.0 Å². The molecule has 0 saturated carbocycles. The lowest BCUT2D eigenvalue weighted by atomic mass is 9.81. The summed E-state index contributed by atoms with van der Waals surface area (Å²) >= 11 is 0. The molecule has 146 valence electrons.